The highest BCUT2D eigenvalue weighted by molar-refractivity contribution is 7.21. The van der Waals surface area contributed by atoms with E-state index in [1.165, 1.54) is 0 Å². The number of halogens is 2. The number of hydrogen-bond acceptors (Lipinski definition) is 8. The van der Waals surface area contributed by atoms with E-state index in [1.54, 1.807) is 28.6 Å². The highest BCUT2D eigenvalue weighted by atomic mass is 32.1. The predicted octanol–water partition coefficient (Wildman–Crippen LogP) is 5.63. The molecule has 4 aromatic rings. The van der Waals surface area contributed by atoms with E-state index >= 15 is 0 Å². The van der Waals surface area contributed by atoms with Gasteiger partial charge in [0.15, 0.2) is 0 Å². The predicted molar refractivity (Wildman–Crippen MR) is 136 cm³/mol. The Morgan fingerprint density at radius 1 is 1.08 bits per heavy atom. The van der Waals surface area contributed by atoms with Crippen molar-refractivity contribution >= 4 is 33.2 Å². The number of fused-ring (bicyclic) bond motifs is 1. The first-order valence-electron chi connectivity index (χ1n) is 12.1. The Morgan fingerprint density at radius 2 is 1.92 bits per heavy atom. The van der Waals surface area contributed by atoms with E-state index in [0.29, 0.717) is 43.9 Å². The fourth-order valence-corrected chi connectivity index (χ4v) is 5.82. The fraction of sp³-hybridized carbons (Fsp3) is 0.385. The maximum Gasteiger partial charge on any atom is 0.261 e. The molecule has 6 heterocycles. The summed E-state index contributed by atoms with van der Waals surface area (Å²) in [7, 11) is 0. The second kappa shape index (κ2) is 9.76. The van der Waals surface area contributed by atoms with Gasteiger partial charge in [0.2, 0.25) is 0 Å². The molecule has 2 aliphatic rings. The summed E-state index contributed by atoms with van der Waals surface area (Å²) in [4.78, 5) is 20.1. The van der Waals surface area contributed by atoms with Crippen LogP contribution in [0.25, 0.3) is 20.8 Å². The van der Waals surface area contributed by atoms with Crippen LogP contribution in [-0.4, -0.2) is 57.1 Å². The summed E-state index contributed by atoms with van der Waals surface area (Å²) in [5.74, 6) is -1.02. The lowest BCUT2D eigenvalue weighted by Gasteiger charge is -2.26. The molecule has 2 saturated heterocycles. The Morgan fingerprint density at radius 3 is 2.69 bits per heavy atom. The first-order valence-corrected chi connectivity index (χ1v) is 13.0. The van der Waals surface area contributed by atoms with Crippen LogP contribution in [0.15, 0.2) is 48.9 Å². The lowest BCUT2D eigenvalue weighted by atomic mass is 9.90. The molecule has 4 aromatic heterocycles. The van der Waals surface area contributed by atoms with Crippen LogP contribution in [0.5, 0.6) is 0 Å². The topological polar surface area (TPSA) is 76.1 Å². The molecule has 10 heteroatoms. The molecule has 0 unspecified atom stereocenters. The summed E-state index contributed by atoms with van der Waals surface area (Å²) >= 11 is 1.58. The Labute approximate surface area is 211 Å². The third-order valence-corrected chi connectivity index (χ3v) is 7.81. The van der Waals surface area contributed by atoms with Gasteiger partial charge in [-0.3, -0.25) is 9.88 Å². The van der Waals surface area contributed by atoms with E-state index in [0.717, 1.165) is 44.9 Å². The van der Waals surface area contributed by atoms with Gasteiger partial charge in [-0.05, 0) is 42.5 Å². The van der Waals surface area contributed by atoms with Gasteiger partial charge in [-0.2, -0.15) is 0 Å². The molecule has 2 aliphatic heterocycles. The molecule has 0 atom stereocenters. The average molecular weight is 509 g/mol. The highest BCUT2D eigenvalue weighted by Crippen LogP contribution is 2.34. The molecule has 6 rings (SSSR count). The lowest BCUT2D eigenvalue weighted by molar-refractivity contribution is 0.0113. The summed E-state index contributed by atoms with van der Waals surface area (Å²) < 4.78 is 34.2. The number of ether oxygens (including phenoxy) is 1. The van der Waals surface area contributed by atoms with Crippen LogP contribution in [-0.2, 0) is 11.3 Å². The van der Waals surface area contributed by atoms with E-state index in [4.69, 9.17) is 14.7 Å². The van der Waals surface area contributed by atoms with Gasteiger partial charge in [0.25, 0.3) is 5.92 Å². The normalized spacial score (nSPS) is 18.6. The standard InChI is InChI=1S/C26H26F2N6OS/c27-26(28)7-10-34(16-26)15-21-19(17-5-11-35-12-6-17)1-2-23(31-21)33-24-13-20-22(14-30-24)36-25(32-20)18-3-8-29-9-4-18/h1-4,8-9,13-14,17H,5-7,10-12,15-16H2,(H,30,31,33). The first-order chi connectivity index (χ1) is 17.5. The Kier molecular flexibility index (Phi) is 6.32. The summed E-state index contributed by atoms with van der Waals surface area (Å²) in [5.41, 5.74) is 3.84. The van der Waals surface area contributed by atoms with Crippen molar-refractivity contribution in [2.75, 3.05) is 31.6 Å². The summed E-state index contributed by atoms with van der Waals surface area (Å²) in [6.07, 6.45) is 7.05. The van der Waals surface area contributed by atoms with E-state index in [-0.39, 0.29) is 13.0 Å². The minimum atomic E-state index is -2.63. The number of likely N-dealkylation sites (tertiary alicyclic amines) is 1. The smallest absolute Gasteiger partial charge is 0.261 e. The minimum absolute atomic E-state index is 0.101. The summed E-state index contributed by atoms with van der Waals surface area (Å²) in [5, 5.41) is 4.21. The molecular formula is C26H26F2N6OS. The van der Waals surface area contributed by atoms with Gasteiger partial charge in [-0.1, -0.05) is 6.07 Å². The second-order valence-corrected chi connectivity index (χ2v) is 10.4. The van der Waals surface area contributed by atoms with E-state index in [2.05, 4.69) is 21.4 Å². The van der Waals surface area contributed by atoms with Crippen molar-refractivity contribution in [3.8, 4) is 10.6 Å². The number of alkyl halides is 2. The molecule has 0 aromatic carbocycles. The molecule has 186 valence electrons. The van der Waals surface area contributed by atoms with Crippen molar-refractivity contribution in [2.45, 2.75) is 37.6 Å². The molecule has 0 saturated carbocycles. The summed E-state index contributed by atoms with van der Waals surface area (Å²) in [6.45, 7) is 1.99. The number of nitrogens with zero attached hydrogens (tertiary/aromatic N) is 5. The SMILES string of the molecule is FC1(F)CCN(Cc2nc(Nc3cc4nc(-c5ccncc5)sc4cn3)ccc2C2CCOCC2)C1. The molecule has 2 fully saturated rings. The van der Waals surface area contributed by atoms with Crippen molar-refractivity contribution in [2.24, 2.45) is 0 Å². The molecule has 0 radical (unpaired) electrons. The average Bonchev–Trinajstić information content (AvgIpc) is 3.47. The maximum absolute atomic E-state index is 13.8. The molecule has 0 bridgehead atoms. The number of anilines is 2. The Bertz CT molecular complexity index is 1360. The van der Waals surface area contributed by atoms with E-state index in [1.807, 2.05) is 30.5 Å². The van der Waals surface area contributed by atoms with Gasteiger partial charge in [-0.25, -0.2) is 23.7 Å². The maximum atomic E-state index is 13.8. The van der Waals surface area contributed by atoms with Crippen molar-refractivity contribution in [3.63, 3.8) is 0 Å². The van der Waals surface area contributed by atoms with E-state index < -0.39 is 5.92 Å². The number of rotatable bonds is 6. The second-order valence-electron chi connectivity index (χ2n) is 9.35. The zero-order valence-corrected chi connectivity index (χ0v) is 20.5. The number of nitrogens with one attached hydrogen (secondary N) is 1. The van der Waals surface area contributed by atoms with Gasteiger partial charge in [0, 0.05) is 62.9 Å². The molecule has 0 spiro atoms. The van der Waals surface area contributed by atoms with E-state index in [9.17, 15) is 8.78 Å². The number of thiazole rings is 1. The zero-order chi connectivity index (χ0) is 24.5. The van der Waals surface area contributed by atoms with Crippen molar-refractivity contribution in [1.29, 1.82) is 0 Å². The third-order valence-electron chi connectivity index (χ3n) is 6.75. The summed E-state index contributed by atoms with van der Waals surface area (Å²) in [6, 6.07) is 9.81. The van der Waals surface area contributed by atoms with Crippen molar-refractivity contribution in [1.82, 2.24) is 24.8 Å². The highest BCUT2D eigenvalue weighted by Gasteiger charge is 2.38. The van der Waals surface area contributed by atoms with Gasteiger partial charge >= 0.3 is 0 Å². The van der Waals surface area contributed by atoms with Crippen LogP contribution in [0, 0.1) is 0 Å². The van der Waals surface area contributed by atoms with Gasteiger partial charge in [0.1, 0.15) is 16.6 Å². The van der Waals surface area contributed by atoms with Crippen LogP contribution in [0.4, 0.5) is 20.4 Å². The number of pyridine rings is 3. The van der Waals surface area contributed by atoms with Crippen LogP contribution < -0.4 is 5.32 Å². The largest absolute Gasteiger partial charge is 0.381 e. The molecule has 0 aliphatic carbocycles. The van der Waals surface area contributed by atoms with Crippen LogP contribution in [0.1, 0.15) is 36.4 Å². The van der Waals surface area contributed by atoms with Crippen LogP contribution >= 0.6 is 11.3 Å². The molecule has 36 heavy (non-hydrogen) atoms. The third kappa shape index (κ3) is 5.07. The molecular weight excluding hydrogens is 482 g/mol. The monoisotopic (exact) mass is 508 g/mol. The molecule has 1 N–H and O–H groups in total. The van der Waals surface area contributed by atoms with Gasteiger partial charge in [0.05, 0.1) is 22.5 Å². The van der Waals surface area contributed by atoms with Crippen molar-refractivity contribution < 1.29 is 13.5 Å². The van der Waals surface area contributed by atoms with Gasteiger partial charge < -0.3 is 10.1 Å². The van der Waals surface area contributed by atoms with Crippen LogP contribution in [0.2, 0.25) is 0 Å². The zero-order valence-electron chi connectivity index (χ0n) is 19.7. The Hall–Kier alpha value is -3.08. The van der Waals surface area contributed by atoms with Crippen molar-refractivity contribution in [3.05, 3.63) is 60.2 Å². The number of hydrogen-bond donors (Lipinski definition) is 1. The number of aromatic nitrogens is 4. The first kappa shape index (κ1) is 23.3. The quantitative estimate of drug-likeness (QED) is 0.362. The molecule has 7 nitrogen and oxygen atoms in total. The van der Waals surface area contributed by atoms with Gasteiger partial charge in [-0.15, -0.1) is 11.3 Å². The fourth-order valence-electron chi connectivity index (χ4n) is 4.89. The molecule has 0 amide bonds. The Balaban J connectivity index is 1.26. The lowest BCUT2D eigenvalue weighted by Crippen LogP contribution is -2.26. The van der Waals surface area contributed by atoms with Crippen LogP contribution in [0.3, 0.4) is 0 Å². The minimum Gasteiger partial charge on any atom is -0.381 e.